The van der Waals surface area contributed by atoms with Crippen LogP contribution < -0.4 is 5.32 Å². The second-order valence-corrected chi connectivity index (χ2v) is 5.29. The molecule has 1 N–H and O–H groups in total. The van der Waals surface area contributed by atoms with Crippen LogP contribution in [0.4, 0.5) is 0 Å². The molecule has 2 aromatic rings. The van der Waals surface area contributed by atoms with E-state index < -0.39 is 17.7 Å². The summed E-state index contributed by atoms with van der Waals surface area (Å²) in [4.78, 5) is 37.6. The molecular formula is C11H10N6O3S. The number of carbonyl (C=O) groups excluding carboxylic acids is 3. The number of imide groups is 1. The summed E-state index contributed by atoms with van der Waals surface area (Å²) in [6.07, 6.45) is 0. The molecular weight excluding hydrogens is 296 g/mol. The number of thiophene rings is 1. The van der Waals surface area contributed by atoms with Crippen molar-refractivity contribution >= 4 is 29.1 Å². The van der Waals surface area contributed by atoms with Gasteiger partial charge in [0.05, 0.1) is 4.88 Å². The summed E-state index contributed by atoms with van der Waals surface area (Å²) in [7, 11) is 0. The van der Waals surface area contributed by atoms with E-state index in [0.717, 1.165) is 14.6 Å². The fourth-order valence-electron chi connectivity index (χ4n) is 1.85. The van der Waals surface area contributed by atoms with E-state index in [9.17, 15) is 14.4 Å². The molecule has 1 aliphatic rings. The van der Waals surface area contributed by atoms with Gasteiger partial charge in [-0.2, -0.15) is 4.80 Å². The van der Waals surface area contributed by atoms with Gasteiger partial charge in [-0.3, -0.25) is 19.7 Å². The van der Waals surface area contributed by atoms with Gasteiger partial charge in [0.2, 0.25) is 23.5 Å². The van der Waals surface area contributed by atoms with Crippen molar-refractivity contribution in [1.29, 1.82) is 0 Å². The van der Waals surface area contributed by atoms with Crippen LogP contribution in [0.2, 0.25) is 0 Å². The van der Waals surface area contributed by atoms with Gasteiger partial charge in [-0.05, 0) is 16.7 Å². The molecule has 108 valence electrons. The van der Waals surface area contributed by atoms with Crippen molar-refractivity contribution in [3.05, 3.63) is 17.5 Å². The summed E-state index contributed by atoms with van der Waals surface area (Å²) in [5.41, 5.74) is 0. The lowest BCUT2D eigenvalue weighted by Crippen LogP contribution is -2.54. The van der Waals surface area contributed by atoms with E-state index in [4.69, 9.17) is 0 Å². The maximum atomic E-state index is 12.0. The van der Waals surface area contributed by atoms with Crippen LogP contribution in [0.1, 0.15) is 0 Å². The number of nitrogens with zero attached hydrogens (tertiary/aromatic N) is 5. The van der Waals surface area contributed by atoms with Crippen LogP contribution in [0, 0.1) is 0 Å². The Kier molecular flexibility index (Phi) is 3.44. The predicted molar refractivity (Wildman–Crippen MR) is 70.9 cm³/mol. The van der Waals surface area contributed by atoms with Gasteiger partial charge < -0.3 is 4.90 Å². The van der Waals surface area contributed by atoms with Gasteiger partial charge in [0.25, 0.3) is 0 Å². The first-order valence-electron chi connectivity index (χ1n) is 6.04. The maximum absolute atomic E-state index is 12.0. The van der Waals surface area contributed by atoms with E-state index in [-0.39, 0.29) is 19.6 Å². The maximum Gasteiger partial charge on any atom is 0.247 e. The highest BCUT2D eigenvalue weighted by Crippen LogP contribution is 2.19. The molecule has 0 bridgehead atoms. The van der Waals surface area contributed by atoms with Crippen LogP contribution in [-0.2, 0) is 20.9 Å². The standard InChI is InChI=1S/C11H10N6O3S/c18-8-4-16(5-9(19)12-8)10(20)6-17-14-11(13-15-17)7-2-1-3-21-7/h1-3H,4-6H2,(H,12,18,19). The summed E-state index contributed by atoms with van der Waals surface area (Å²) >= 11 is 1.47. The number of rotatable bonds is 3. The molecule has 3 rings (SSSR count). The predicted octanol–water partition coefficient (Wildman–Crippen LogP) is -1.11. The van der Waals surface area contributed by atoms with Crippen molar-refractivity contribution < 1.29 is 14.4 Å². The smallest absolute Gasteiger partial charge is 0.247 e. The lowest BCUT2D eigenvalue weighted by molar-refractivity contribution is -0.145. The monoisotopic (exact) mass is 306 g/mol. The molecule has 0 unspecified atom stereocenters. The summed E-state index contributed by atoms with van der Waals surface area (Å²) in [5, 5.41) is 15.8. The Bertz CT molecular complexity index is 679. The molecule has 2 aromatic heterocycles. The van der Waals surface area contributed by atoms with Gasteiger partial charge >= 0.3 is 0 Å². The highest BCUT2D eigenvalue weighted by atomic mass is 32.1. The van der Waals surface area contributed by atoms with Crippen molar-refractivity contribution in [2.75, 3.05) is 13.1 Å². The van der Waals surface area contributed by atoms with Crippen molar-refractivity contribution in [3.8, 4) is 10.7 Å². The minimum absolute atomic E-state index is 0.142. The third-order valence-corrected chi connectivity index (χ3v) is 3.64. The zero-order valence-corrected chi connectivity index (χ0v) is 11.5. The lowest BCUT2D eigenvalue weighted by Gasteiger charge is -2.24. The van der Waals surface area contributed by atoms with E-state index >= 15 is 0 Å². The molecule has 0 saturated carbocycles. The minimum atomic E-state index is -0.495. The van der Waals surface area contributed by atoms with Crippen molar-refractivity contribution in [1.82, 2.24) is 30.4 Å². The molecule has 0 atom stereocenters. The number of aromatic nitrogens is 4. The number of hydrogen-bond acceptors (Lipinski definition) is 7. The van der Waals surface area contributed by atoms with Crippen molar-refractivity contribution in [2.24, 2.45) is 0 Å². The average Bonchev–Trinajstić information content (AvgIpc) is 3.07. The Morgan fingerprint density at radius 3 is 2.76 bits per heavy atom. The van der Waals surface area contributed by atoms with E-state index in [1.807, 2.05) is 17.5 Å². The fraction of sp³-hybridized carbons (Fsp3) is 0.273. The Balaban J connectivity index is 1.67. The molecule has 0 radical (unpaired) electrons. The molecule has 3 amide bonds. The molecule has 0 aliphatic carbocycles. The number of tetrazole rings is 1. The van der Waals surface area contributed by atoms with Crippen LogP contribution >= 0.6 is 11.3 Å². The molecule has 1 fully saturated rings. The van der Waals surface area contributed by atoms with Gasteiger partial charge in [-0.1, -0.05) is 6.07 Å². The zero-order chi connectivity index (χ0) is 14.8. The van der Waals surface area contributed by atoms with Crippen molar-refractivity contribution in [2.45, 2.75) is 6.54 Å². The third kappa shape index (κ3) is 2.94. The van der Waals surface area contributed by atoms with Crippen LogP contribution in [0.15, 0.2) is 17.5 Å². The highest BCUT2D eigenvalue weighted by molar-refractivity contribution is 7.13. The van der Waals surface area contributed by atoms with Gasteiger partial charge in [0.15, 0.2) is 0 Å². The number of nitrogens with one attached hydrogen (secondary N) is 1. The molecule has 3 heterocycles. The number of hydrogen-bond donors (Lipinski definition) is 1. The Labute approximate surface area is 122 Å². The molecule has 1 saturated heterocycles. The Morgan fingerprint density at radius 2 is 2.10 bits per heavy atom. The van der Waals surface area contributed by atoms with Crippen LogP contribution in [0.5, 0.6) is 0 Å². The second-order valence-electron chi connectivity index (χ2n) is 4.34. The Morgan fingerprint density at radius 1 is 1.33 bits per heavy atom. The molecule has 21 heavy (non-hydrogen) atoms. The highest BCUT2D eigenvalue weighted by Gasteiger charge is 2.26. The van der Waals surface area contributed by atoms with E-state index in [1.165, 1.54) is 11.3 Å². The van der Waals surface area contributed by atoms with Crippen molar-refractivity contribution in [3.63, 3.8) is 0 Å². The third-order valence-electron chi connectivity index (χ3n) is 2.77. The first-order valence-corrected chi connectivity index (χ1v) is 6.92. The summed E-state index contributed by atoms with van der Waals surface area (Å²) in [6.45, 7) is -0.451. The quantitative estimate of drug-likeness (QED) is 0.720. The minimum Gasteiger partial charge on any atom is -0.322 e. The average molecular weight is 306 g/mol. The van der Waals surface area contributed by atoms with Crippen LogP contribution in [-0.4, -0.2) is 55.9 Å². The largest absolute Gasteiger partial charge is 0.322 e. The fourth-order valence-corrected chi connectivity index (χ4v) is 2.50. The number of carbonyl (C=O) groups is 3. The number of amides is 3. The zero-order valence-electron chi connectivity index (χ0n) is 10.7. The van der Waals surface area contributed by atoms with Gasteiger partial charge in [0, 0.05) is 0 Å². The second kappa shape index (κ2) is 5.40. The molecule has 9 nitrogen and oxygen atoms in total. The number of piperazine rings is 1. The van der Waals surface area contributed by atoms with Gasteiger partial charge in [-0.25, -0.2) is 0 Å². The van der Waals surface area contributed by atoms with E-state index in [1.54, 1.807) is 0 Å². The summed E-state index contributed by atoms with van der Waals surface area (Å²) < 4.78 is 0. The van der Waals surface area contributed by atoms with E-state index in [0.29, 0.717) is 5.82 Å². The molecule has 1 aliphatic heterocycles. The SMILES string of the molecule is O=C1CN(C(=O)Cn2nnc(-c3cccs3)n2)CC(=O)N1. The molecule has 10 heteroatoms. The normalized spacial score (nSPS) is 15.1. The first-order chi connectivity index (χ1) is 10.1. The van der Waals surface area contributed by atoms with Gasteiger partial charge in [0.1, 0.15) is 19.6 Å². The summed E-state index contributed by atoms with van der Waals surface area (Å²) in [5.74, 6) is -0.963. The first kappa shape index (κ1) is 13.4. The molecule has 0 spiro atoms. The van der Waals surface area contributed by atoms with Crippen LogP contribution in [0.3, 0.4) is 0 Å². The van der Waals surface area contributed by atoms with Crippen LogP contribution in [0.25, 0.3) is 10.7 Å². The molecule has 0 aromatic carbocycles. The van der Waals surface area contributed by atoms with Gasteiger partial charge in [-0.15, -0.1) is 21.5 Å². The lowest BCUT2D eigenvalue weighted by atomic mass is 10.3. The Hall–Kier alpha value is -2.62. The van der Waals surface area contributed by atoms with E-state index in [2.05, 4.69) is 20.7 Å². The topological polar surface area (TPSA) is 110 Å². The summed E-state index contributed by atoms with van der Waals surface area (Å²) in [6, 6.07) is 3.71.